The molecular formula is C19H23NO4S. The Morgan fingerprint density at radius 2 is 1.92 bits per heavy atom. The lowest BCUT2D eigenvalue weighted by Gasteiger charge is -2.10. The van der Waals surface area contributed by atoms with Crippen LogP contribution in [0.4, 0.5) is 0 Å². The summed E-state index contributed by atoms with van der Waals surface area (Å²) in [4.78, 5) is 16.3. The van der Waals surface area contributed by atoms with E-state index in [1.807, 2.05) is 43.3 Å². The predicted octanol–water partition coefficient (Wildman–Crippen LogP) is 3.64. The van der Waals surface area contributed by atoms with Crippen molar-refractivity contribution >= 4 is 17.7 Å². The number of aromatic nitrogens is 1. The number of benzene rings is 1. The van der Waals surface area contributed by atoms with Crippen molar-refractivity contribution in [3.8, 4) is 5.75 Å². The maximum Gasteiger partial charge on any atom is 0.303 e. The molecule has 134 valence electrons. The molecule has 0 amide bonds. The van der Waals surface area contributed by atoms with Crippen molar-refractivity contribution in [2.75, 3.05) is 25.6 Å². The highest BCUT2D eigenvalue weighted by molar-refractivity contribution is 7.99. The quantitative estimate of drug-likeness (QED) is 0.366. The maximum atomic E-state index is 10.9. The van der Waals surface area contributed by atoms with Gasteiger partial charge in [0.25, 0.3) is 0 Å². The van der Waals surface area contributed by atoms with Crippen LogP contribution in [-0.2, 0) is 20.9 Å². The van der Waals surface area contributed by atoms with E-state index >= 15 is 0 Å². The molecule has 0 saturated carbocycles. The SMILES string of the molecule is CC(=O)OCc1nccc(SCCOCCOc2ccccc2)c1C. The van der Waals surface area contributed by atoms with Crippen LogP contribution in [0.1, 0.15) is 18.2 Å². The first-order chi connectivity index (χ1) is 12.2. The zero-order valence-corrected chi connectivity index (χ0v) is 15.4. The van der Waals surface area contributed by atoms with Gasteiger partial charge in [-0.3, -0.25) is 9.78 Å². The van der Waals surface area contributed by atoms with Crippen LogP contribution in [0.2, 0.25) is 0 Å². The van der Waals surface area contributed by atoms with E-state index in [1.165, 1.54) is 6.92 Å². The highest BCUT2D eigenvalue weighted by Crippen LogP contribution is 2.23. The van der Waals surface area contributed by atoms with Crippen LogP contribution in [0.25, 0.3) is 0 Å². The molecule has 6 heteroatoms. The second-order valence-electron chi connectivity index (χ2n) is 5.28. The normalized spacial score (nSPS) is 10.5. The summed E-state index contributed by atoms with van der Waals surface area (Å²) in [6.07, 6.45) is 1.74. The van der Waals surface area contributed by atoms with E-state index in [2.05, 4.69) is 4.98 Å². The molecule has 0 N–H and O–H groups in total. The van der Waals surface area contributed by atoms with Gasteiger partial charge in [0.1, 0.15) is 19.0 Å². The number of nitrogens with zero attached hydrogens (tertiary/aromatic N) is 1. The first-order valence-electron chi connectivity index (χ1n) is 8.13. The van der Waals surface area contributed by atoms with Gasteiger partial charge in [0, 0.05) is 23.8 Å². The Balaban J connectivity index is 1.64. The topological polar surface area (TPSA) is 57.7 Å². The fraction of sp³-hybridized carbons (Fsp3) is 0.368. The van der Waals surface area contributed by atoms with E-state index in [9.17, 15) is 4.79 Å². The second-order valence-corrected chi connectivity index (χ2v) is 6.42. The van der Waals surface area contributed by atoms with Crippen LogP contribution in [0.5, 0.6) is 5.75 Å². The monoisotopic (exact) mass is 361 g/mol. The highest BCUT2D eigenvalue weighted by atomic mass is 32.2. The number of para-hydroxylation sites is 1. The summed E-state index contributed by atoms with van der Waals surface area (Å²) in [6, 6.07) is 11.7. The molecule has 1 heterocycles. The van der Waals surface area contributed by atoms with Gasteiger partial charge in [-0.2, -0.15) is 0 Å². The van der Waals surface area contributed by atoms with Gasteiger partial charge in [0.15, 0.2) is 0 Å². The number of carbonyl (C=O) groups is 1. The number of thioether (sulfide) groups is 1. The first kappa shape index (κ1) is 19.3. The van der Waals surface area contributed by atoms with Gasteiger partial charge in [0.2, 0.25) is 0 Å². The second kappa shape index (κ2) is 10.7. The molecule has 0 fully saturated rings. The summed E-state index contributed by atoms with van der Waals surface area (Å²) in [5, 5.41) is 0. The van der Waals surface area contributed by atoms with Crippen molar-refractivity contribution < 1.29 is 19.0 Å². The van der Waals surface area contributed by atoms with Crippen LogP contribution in [0.3, 0.4) is 0 Å². The lowest BCUT2D eigenvalue weighted by molar-refractivity contribution is -0.142. The van der Waals surface area contributed by atoms with Gasteiger partial charge in [-0.15, -0.1) is 11.8 Å². The molecule has 0 unspecified atom stereocenters. The fourth-order valence-corrected chi connectivity index (χ4v) is 2.99. The standard InChI is InChI=1S/C19H23NO4S/c1-15-18(14-24-16(2)21)20-9-8-19(15)25-13-12-22-10-11-23-17-6-4-3-5-7-17/h3-9H,10-14H2,1-2H3. The lowest BCUT2D eigenvalue weighted by atomic mass is 10.2. The van der Waals surface area contributed by atoms with Gasteiger partial charge in [-0.25, -0.2) is 0 Å². The molecular weight excluding hydrogens is 338 g/mol. The highest BCUT2D eigenvalue weighted by Gasteiger charge is 2.07. The summed E-state index contributed by atoms with van der Waals surface area (Å²) in [5.74, 6) is 1.39. The van der Waals surface area contributed by atoms with E-state index in [1.54, 1.807) is 18.0 Å². The smallest absolute Gasteiger partial charge is 0.303 e. The number of rotatable bonds is 10. The third-order valence-electron chi connectivity index (χ3n) is 3.40. The number of ether oxygens (including phenoxy) is 3. The zero-order chi connectivity index (χ0) is 17.9. The van der Waals surface area contributed by atoms with Crippen LogP contribution in [0.15, 0.2) is 47.5 Å². The molecule has 0 radical (unpaired) electrons. The molecule has 25 heavy (non-hydrogen) atoms. The summed E-state index contributed by atoms with van der Waals surface area (Å²) >= 11 is 1.70. The van der Waals surface area contributed by atoms with Crippen LogP contribution in [-0.4, -0.2) is 36.5 Å². The Labute approximate surface area is 152 Å². The number of carbonyl (C=O) groups excluding carboxylic acids is 1. The Kier molecular flexibility index (Phi) is 8.28. The summed E-state index contributed by atoms with van der Waals surface area (Å²) in [7, 11) is 0. The molecule has 0 aliphatic heterocycles. The molecule has 0 spiro atoms. The molecule has 5 nitrogen and oxygen atoms in total. The number of hydrogen-bond donors (Lipinski definition) is 0. The molecule has 0 bridgehead atoms. The van der Waals surface area contributed by atoms with Gasteiger partial charge in [0.05, 0.1) is 18.9 Å². The molecule has 1 aromatic heterocycles. The number of esters is 1. The maximum absolute atomic E-state index is 10.9. The van der Waals surface area contributed by atoms with Crippen molar-refractivity contribution in [1.29, 1.82) is 0 Å². The summed E-state index contributed by atoms with van der Waals surface area (Å²) in [5.41, 5.74) is 1.83. The Hall–Kier alpha value is -2.05. The minimum atomic E-state index is -0.301. The average molecular weight is 361 g/mol. The minimum Gasteiger partial charge on any atom is -0.491 e. The first-order valence-corrected chi connectivity index (χ1v) is 9.11. The van der Waals surface area contributed by atoms with Crippen molar-refractivity contribution in [3.05, 3.63) is 53.9 Å². The number of pyridine rings is 1. The summed E-state index contributed by atoms with van der Waals surface area (Å²) in [6.45, 7) is 5.33. The Morgan fingerprint density at radius 1 is 1.12 bits per heavy atom. The molecule has 2 rings (SSSR count). The molecule has 0 atom stereocenters. The molecule has 1 aromatic carbocycles. The molecule has 0 aliphatic carbocycles. The third kappa shape index (κ3) is 7.15. The van der Waals surface area contributed by atoms with Gasteiger partial charge < -0.3 is 14.2 Å². The largest absolute Gasteiger partial charge is 0.491 e. The van der Waals surface area contributed by atoms with E-state index in [4.69, 9.17) is 14.2 Å². The van der Waals surface area contributed by atoms with E-state index in [-0.39, 0.29) is 12.6 Å². The Morgan fingerprint density at radius 3 is 2.68 bits per heavy atom. The zero-order valence-electron chi connectivity index (χ0n) is 14.6. The summed E-state index contributed by atoms with van der Waals surface area (Å²) < 4.78 is 16.2. The molecule has 2 aromatic rings. The van der Waals surface area contributed by atoms with Crippen LogP contribution in [0, 0.1) is 6.92 Å². The lowest BCUT2D eigenvalue weighted by Crippen LogP contribution is -2.08. The van der Waals surface area contributed by atoms with Crippen molar-refractivity contribution in [3.63, 3.8) is 0 Å². The van der Waals surface area contributed by atoms with Gasteiger partial charge in [-0.1, -0.05) is 18.2 Å². The van der Waals surface area contributed by atoms with Crippen molar-refractivity contribution in [2.24, 2.45) is 0 Å². The minimum absolute atomic E-state index is 0.211. The predicted molar refractivity (Wildman–Crippen MR) is 97.9 cm³/mol. The molecule has 0 saturated heterocycles. The van der Waals surface area contributed by atoms with E-state index in [0.29, 0.717) is 19.8 Å². The van der Waals surface area contributed by atoms with Crippen molar-refractivity contribution in [1.82, 2.24) is 4.98 Å². The fourth-order valence-electron chi connectivity index (χ4n) is 2.08. The van der Waals surface area contributed by atoms with E-state index < -0.39 is 0 Å². The molecule has 0 aliphatic rings. The van der Waals surface area contributed by atoms with E-state index in [0.717, 1.165) is 27.7 Å². The van der Waals surface area contributed by atoms with Crippen molar-refractivity contribution in [2.45, 2.75) is 25.3 Å². The third-order valence-corrected chi connectivity index (χ3v) is 4.52. The number of hydrogen-bond acceptors (Lipinski definition) is 6. The van der Waals surface area contributed by atoms with Gasteiger partial charge in [-0.05, 0) is 30.7 Å². The van der Waals surface area contributed by atoms with Crippen LogP contribution < -0.4 is 4.74 Å². The average Bonchev–Trinajstić information content (AvgIpc) is 2.62. The van der Waals surface area contributed by atoms with Crippen LogP contribution >= 0.6 is 11.8 Å². The van der Waals surface area contributed by atoms with Gasteiger partial charge >= 0.3 is 5.97 Å². The Bertz CT molecular complexity index is 664.